The van der Waals surface area contributed by atoms with Gasteiger partial charge in [-0.25, -0.2) is 4.39 Å². The fourth-order valence-electron chi connectivity index (χ4n) is 1.71. The Morgan fingerprint density at radius 3 is 2.53 bits per heavy atom. The van der Waals surface area contributed by atoms with Crippen molar-refractivity contribution in [2.75, 3.05) is 5.73 Å². The van der Waals surface area contributed by atoms with E-state index in [1.54, 1.807) is 0 Å². The Labute approximate surface area is 110 Å². The second-order valence-corrected chi connectivity index (χ2v) is 4.17. The van der Waals surface area contributed by atoms with Crippen LogP contribution in [0.1, 0.15) is 22.8 Å². The summed E-state index contributed by atoms with van der Waals surface area (Å²) in [6.45, 7) is 1.59. The van der Waals surface area contributed by atoms with E-state index in [1.807, 2.05) is 30.3 Å². The van der Waals surface area contributed by atoms with Crippen LogP contribution in [0.25, 0.3) is 0 Å². The van der Waals surface area contributed by atoms with Gasteiger partial charge in [-0.2, -0.15) is 0 Å². The first-order chi connectivity index (χ1) is 9.09. The zero-order chi connectivity index (χ0) is 13.8. The maximum atomic E-state index is 13.8. The van der Waals surface area contributed by atoms with Gasteiger partial charge in [-0.3, -0.25) is 4.79 Å². The summed E-state index contributed by atoms with van der Waals surface area (Å²) in [6.07, 6.45) is 0. The third kappa shape index (κ3) is 2.91. The summed E-state index contributed by atoms with van der Waals surface area (Å²) in [6, 6.07) is 12.4. The van der Waals surface area contributed by atoms with Crippen molar-refractivity contribution in [2.45, 2.75) is 13.5 Å². The van der Waals surface area contributed by atoms with Gasteiger partial charge in [0.2, 0.25) is 0 Å². The molecule has 2 aromatic rings. The zero-order valence-electron chi connectivity index (χ0n) is 10.5. The lowest BCUT2D eigenvalue weighted by molar-refractivity contribution is 0.101. The maximum absolute atomic E-state index is 13.8. The number of carbonyl (C=O) groups excluding carboxylic acids is 1. The van der Waals surface area contributed by atoms with Gasteiger partial charge in [0, 0.05) is 0 Å². The fourth-order valence-corrected chi connectivity index (χ4v) is 1.71. The van der Waals surface area contributed by atoms with Gasteiger partial charge in [-0.05, 0) is 24.6 Å². The second-order valence-electron chi connectivity index (χ2n) is 4.17. The number of halogens is 1. The number of anilines is 1. The summed E-state index contributed by atoms with van der Waals surface area (Å²) in [5.41, 5.74) is 6.43. The van der Waals surface area contributed by atoms with Crippen molar-refractivity contribution < 1.29 is 13.9 Å². The van der Waals surface area contributed by atoms with E-state index in [9.17, 15) is 9.18 Å². The molecule has 3 nitrogen and oxygen atoms in total. The first-order valence-corrected chi connectivity index (χ1v) is 5.85. The van der Waals surface area contributed by atoms with Crippen molar-refractivity contribution >= 4 is 11.5 Å². The molecule has 98 valence electrons. The first-order valence-electron chi connectivity index (χ1n) is 5.85. The summed E-state index contributed by atoms with van der Waals surface area (Å²) in [5, 5.41) is 0. The number of hydrogen-bond acceptors (Lipinski definition) is 3. The Morgan fingerprint density at radius 2 is 1.89 bits per heavy atom. The molecular weight excluding hydrogens is 245 g/mol. The molecule has 0 radical (unpaired) electrons. The third-order valence-corrected chi connectivity index (χ3v) is 2.76. The van der Waals surface area contributed by atoms with Gasteiger partial charge >= 0.3 is 0 Å². The van der Waals surface area contributed by atoms with Gasteiger partial charge in [0.05, 0.1) is 5.56 Å². The lowest BCUT2D eigenvalue weighted by atomic mass is 10.1. The number of benzene rings is 2. The lowest BCUT2D eigenvalue weighted by Crippen LogP contribution is -2.05. The van der Waals surface area contributed by atoms with E-state index < -0.39 is 5.82 Å². The summed E-state index contributed by atoms with van der Waals surface area (Å²) in [7, 11) is 0. The van der Waals surface area contributed by atoms with Gasteiger partial charge in [0.15, 0.2) is 11.6 Å². The number of hydrogen-bond donors (Lipinski definition) is 1. The molecule has 0 fully saturated rings. The predicted molar refractivity (Wildman–Crippen MR) is 71.6 cm³/mol. The largest absolute Gasteiger partial charge is 0.487 e. The summed E-state index contributed by atoms with van der Waals surface area (Å²) in [5.74, 6) is -0.844. The van der Waals surface area contributed by atoms with E-state index in [0.29, 0.717) is 6.61 Å². The summed E-state index contributed by atoms with van der Waals surface area (Å²) >= 11 is 0. The minimum atomic E-state index is -0.724. The quantitative estimate of drug-likeness (QED) is 0.677. The van der Waals surface area contributed by atoms with Crippen molar-refractivity contribution in [3.63, 3.8) is 0 Å². The van der Waals surface area contributed by atoms with Crippen LogP contribution in [0.2, 0.25) is 0 Å². The van der Waals surface area contributed by atoms with Crippen LogP contribution in [-0.4, -0.2) is 5.78 Å². The van der Waals surface area contributed by atoms with Gasteiger partial charge in [0.25, 0.3) is 0 Å². The Morgan fingerprint density at radius 1 is 1.21 bits per heavy atom. The Balaban J connectivity index is 2.18. The van der Waals surface area contributed by atoms with Crippen LogP contribution >= 0.6 is 0 Å². The van der Waals surface area contributed by atoms with Crippen LogP contribution in [0.5, 0.6) is 5.75 Å². The van der Waals surface area contributed by atoms with Crippen LogP contribution in [0, 0.1) is 5.82 Å². The van der Waals surface area contributed by atoms with E-state index >= 15 is 0 Å². The number of rotatable bonds is 4. The summed E-state index contributed by atoms with van der Waals surface area (Å²) < 4.78 is 19.3. The average molecular weight is 259 g/mol. The molecule has 0 atom stereocenters. The van der Waals surface area contributed by atoms with Gasteiger partial charge in [-0.1, -0.05) is 30.3 Å². The number of nitrogen functional groups attached to an aromatic ring is 1. The number of nitrogens with two attached hydrogens (primary N) is 1. The molecule has 0 amide bonds. The molecule has 0 aliphatic heterocycles. The molecule has 0 aliphatic carbocycles. The molecule has 0 saturated heterocycles. The van der Waals surface area contributed by atoms with Crippen LogP contribution in [0.4, 0.5) is 10.1 Å². The molecule has 0 aromatic heterocycles. The highest BCUT2D eigenvalue weighted by atomic mass is 19.1. The van der Waals surface area contributed by atoms with E-state index in [0.717, 1.165) is 5.56 Å². The highest BCUT2D eigenvalue weighted by molar-refractivity contribution is 5.95. The van der Waals surface area contributed by atoms with Crippen LogP contribution in [0.15, 0.2) is 42.5 Å². The van der Waals surface area contributed by atoms with Gasteiger partial charge in [0.1, 0.15) is 18.0 Å². The van der Waals surface area contributed by atoms with Crippen LogP contribution in [0.3, 0.4) is 0 Å². The zero-order valence-corrected chi connectivity index (χ0v) is 10.5. The van der Waals surface area contributed by atoms with Crippen LogP contribution < -0.4 is 10.5 Å². The van der Waals surface area contributed by atoms with Gasteiger partial charge in [-0.15, -0.1) is 0 Å². The van der Waals surface area contributed by atoms with Crippen molar-refractivity contribution in [3.8, 4) is 5.75 Å². The molecule has 0 heterocycles. The maximum Gasteiger partial charge on any atom is 0.162 e. The van der Waals surface area contributed by atoms with Crippen molar-refractivity contribution in [1.29, 1.82) is 0 Å². The van der Waals surface area contributed by atoms with E-state index in [2.05, 4.69) is 0 Å². The van der Waals surface area contributed by atoms with E-state index in [4.69, 9.17) is 10.5 Å². The van der Waals surface area contributed by atoms with Crippen molar-refractivity contribution in [2.24, 2.45) is 0 Å². The molecule has 2 aromatic carbocycles. The van der Waals surface area contributed by atoms with Crippen molar-refractivity contribution in [1.82, 2.24) is 0 Å². The van der Waals surface area contributed by atoms with Crippen molar-refractivity contribution in [3.05, 3.63) is 59.4 Å². The molecule has 0 aliphatic rings. The highest BCUT2D eigenvalue weighted by Gasteiger charge is 2.14. The molecule has 2 rings (SSSR count). The molecule has 2 N–H and O–H groups in total. The molecule has 0 unspecified atom stereocenters. The van der Waals surface area contributed by atoms with Gasteiger partial charge < -0.3 is 10.5 Å². The molecule has 4 heteroatoms. The predicted octanol–water partition coefficient (Wildman–Crippen LogP) is 3.19. The number of carbonyl (C=O) groups is 1. The second kappa shape index (κ2) is 5.52. The molecule has 0 spiro atoms. The third-order valence-electron chi connectivity index (χ3n) is 2.76. The van der Waals surface area contributed by atoms with Crippen LogP contribution in [-0.2, 0) is 6.61 Å². The number of ketones is 1. The first kappa shape index (κ1) is 13.1. The summed E-state index contributed by atoms with van der Waals surface area (Å²) in [4.78, 5) is 11.2. The topological polar surface area (TPSA) is 52.3 Å². The minimum Gasteiger partial charge on any atom is -0.487 e. The standard InChI is InChI=1S/C15H14FNO2/c1-10(18)12-7-8-13(15(17)14(12)16)19-9-11-5-3-2-4-6-11/h2-8H,9,17H2,1H3. The number of Topliss-reactive ketones (excluding diaryl/α,β-unsaturated/α-hetero) is 1. The number of ether oxygens (including phenoxy) is 1. The van der Waals surface area contributed by atoms with E-state index in [-0.39, 0.29) is 22.8 Å². The average Bonchev–Trinajstić information content (AvgIpc) is 2.41. The fraction of sp³-hybridized carbons (Fsp3) is 0.133. The Hall–Kier alpha value is -2.36. The lowest BCUT2D eigenvalue weighted by Gasteiger charge is -2.11. The molecule has 19 heavy (non-hydrogen) atoms. The minimum absolute atomic E-state index is 0.0236. The smallest absolute Gasteiger partial charge is 0.162 e. The Bertz CT molecular complexity index is 597. The monoisotopic (exact) mass is 259 g/mol. The molecular formula is C15H14FNO2. The highest BCUT2D eigenvalue weighted by Crippen LogP contribution is 2.27. The molecule has 0 bridgehead atoms. The van der Waals surface area contributed by atoms with E-state index in [1.165, 1.54) is 19.1 Å². The SMILES string of the molecule is CC(=O)c1ccc(OCc2ccccc2)c(N)c1F. The normalized spacial score (nSPS) is 10.2. The molecule has 0 saturated carbocycles. The Kier molecular flexibility index (Phi) is 3.80.